The van der Waals surface area contributed by atoms with Crippen LogP contribution in [0.4, 0.5) is 4.79 Å². The van der Waals surface area contributed by atoms with E-state index in [1.54, 1.807) is 24.2 Å². The number of pyridine rings is 1. The third-order valence-corrected chi connectivity index (χ3v) is 12.6. The van der Waals surface area contributed by atoms with Crippen LogP contribution < -0.4 is 4.74 Å². The highest BCUT2D eigenvalue weighted by atomic mass is 16.7. The first-order valence-corrected chi connectivity index (χ1v) is 20.8. The largest absolute Gasteiger partial charge is 0.494 e. The average molecular weight is 793 g/mol. The van der Waals surface area contributed by atoms with Crippen molar-refractivity contribution in [2.24, 2.45) is 35.0 Å². The fourth-order valence-electron chi connectivity index (χ4n) is 9.64. The summed E-state index contributed by atoms with van der Waals surface area (Å²) in [5.41, 5.74) is -0.219. The number of hydrogen-bond donors (Lipinski definition) is 1. The minimum atomic E-state index is -1.35. The van der Waals surface area contributed by atoms with Crippen molar-refractivity contribution in [1.29, 1.82) is 0 Å². The molecule has 0 bridgehead atoms. The Bertz CT molecular complexity index is 1720. The van der Waals surface area contributed by atoms with Gasteiger partial charge in [-0.15, -0.1) is 0 Å². The van der Waals surface area contributed by atoms with Gasteiger partial charge in [0.15, 0.2) is 17.7 Å². The number of aliphatic hydroxyl groups is 1. The van der Waals surface area contributed by atoms with E-state index in [1.165, 1.54) is 6.92 Å². The normalized spacial score (nSPS) is 35.2. The van der Waals surface area contributed by atoms with Gasteiger partial charge in [-0.05, 0) is 81.0 Å². The van der Waals surface area contributed by atoms with Crippen LogP contribution in [0.25, 0.3) is 11.1 Å². The van der Waals surface area contributed by atoms with E-state index in [-0.39, 0.29) is 43.0 Å². The number of Topliss-reactive ketones (excluding diaryl/α,β-unsaturated/α-hetero) is 2. The van der Waals surface area contributed by atoms with Crippen LogP contribution in [-0.4, -0.2) is 94.1 Å². The number of ketones is 2. The van der Waals surface area contributed by atoms with Crippen molar-refractivity contribution in [2.75, 3.05) is 13.2 Å². The van der Waals surface area contributed by atoms with Gasteiger partial charge in [-0.25, -0.2) is 4.79 Å². The van der Waals surface area contributed by atoms with Crippen molar-refractivity contribution >= 4 is 23.6 Å². The molecule has 3 saturated heterocycles. The highest BCUT2D eigenvalue weighted by Crippen LogP contribution is 2.45. The number of esters is 1. The van der Waals surface area contributed by atoms with E-state index < -0.39 is 77.4 Å². The molecule has 4 heterocycles. The van der Waals surface area contributed by atoms with E-state index in [4.69, 9.17) is 23.7 Å². The Balaban J connectivity index is 1.44. The third-order valence-electron chi connectivity index (χ3n) is 12.6. The average Bonchev–Trinajstić information content (AvgIpc) is 3.48. The van der Waals surface area contributed by atoms with Gasteiger partial charge in [0, 0.05) is 42.3 Å². The fraction of sp³-hybridized carbons (Fsp3) is 0.667. The molecule has 3 aliphatic rings. The topological polar surface area (TPSA) is 151 Å². The highest BCUT2D eigenvalue weighted by molar-refractivity contribution is 6.00. The van der Waals surface area contributed by atoms with Gasteiger partial charge >= 0.3 is 12.1 Å². The summed E-state index contributed by atoms with van der Waals surface area (Å²) in [5.74, 6) is -3.85. The first-order valence-electron chi connectivity index (χ1n) is 20.8. The second-order valence-corrected chi connectivity index (χ2v) is 17.4. The molecule has 1 N–H and O–H groups in total. The standard InChI is InChI=1S/C45H64N2O10/c1-11-35-45(12-2)39(47(43(52)57-45)20-15-21-53-34-18-13-16-32(23-34)33-17-14-19-46-25-33)29(6)36(48)27(4)24-44(9,10)40(30(7)38(50)31(8)41(51)55-35)56-42-37(49)26(3)22-28(5)54-42/h13-14,16-19,23,25-31,35,37,39-40,42,49H,11-12,15,20-22,24H2,1-10H3/t26-,27+,28+,29-,30-,31+,35+,37+,39+,40+,42?,45+/m0/s1. The molecule has 2 aromatic rings. The van der Waals surface area contributed by atoms with Crippen molar-refractivity contribution in [3.05, 3.63) is 48.8 Å². The van der Waals surface area contributed by atoms with Gasteiger partial charge in [0.05, 0.1) is 24.9 Å². The number of carbonyl (C=O) groups excluding carboxylic acids is 4. The number of aliphatic hydroxyl groups excluding tert-OH is 1. The number of fused-ring (bicyclic) bond motifs is 1. The molecule has 314 valence electrons. The van der Waals surface area contributed by atoms with Crippen molar-refractivity contribution < 1.29 is 48.0 Å². The maximum atomic E-state index is 14.7. The first kappa shape index (κ1) is 44.2. The van der Waals surface area contributed by atoms with Gasteiger partial charge in [0.1, 0.15) is 29.7 Å². The van der Waals surface area contributed by atoms with Crippen LogP contribution >= 0.6 is 0 Å². The molecule has 3 fully saturated rings. The molecule has 1 amide bonds. The molecular weight excluding hydrogens is 728 g/mol. The minimum Gasteiger partial charge on any atom is -0.494 e. The van der Waals surface area contributed by atoms with Crippen LogP contribution in [0.15, 0.2) is 48.8 Å². The molecule has 1 aromatic carbocycles. The number of hydrogen-bond acceptors (Lipinski definition) is 11. The number of aromatic nitrogens is 1. The number of ether oxygens (including phenoxy) is 5. The van der Waals surface area contributed by atoms with Gasteiger partial charge in [-0.1, -0.05) is 73.6 Å². The van der Waals surface area contributed by atoms with Crippen molar-refractivity contribution in [1.82, 2.24) is 9.88 Å². The van der Waals surface area contributed by atoms with Crippen LogP contribution in [0.5, 0.6) is 5.75 Å². The zero-order valence-corrected chi connectivity index (χ0v) is 35.4. The lowest BCUT2D eigenvalue weighted by atomic mass is 9.69. The van der Waals surface area contributed by atoms with Crippen molar-refractivity contribution in [3.63, 3.8) is 0 Å². The number of amides is 1. The maximum Gasteiger partial charge on any atom is 0.410 e. The Morgan fingerprint density at radius 3 is 2.33 bits per heavy atom. The van der Waals surface area contributed by atoms with E-state index in [9.17, 15) is 24.3 Å². The summed E-state index contributed by atoms with van der Waals surface area (Å²) in [4.78, 5) is 62.7. The Morgan fingerprint density at radius 1 is 0.947 bits per heavy atom. The molecule has 0 saturated carbocycles. The maximum absolute atomic E-state index is 14.7. The number of rotatable bonds is 10. The Morgan fingerprint density at radius 2 is 1.67 bits per heavy atom. The van der Waals surface area contributed by atoms with Gasteiger partial charge in [-0.2, -0.15) is 0 Å². The molecule has 0 radical (unpaired) electrons. The predicted octanol–water partition coefficient (Wildman–Crippen LogP) is 7.44. The lowest BCUT2D eigenvalue weighted by Crippen LogP contribution is -2.59. The van der Waals surface area contributed by atoms with Crippen LogP contribution in [-0.2, 0) is 33.3 Å². The molecule has 1 unspecified atom stereocenters. The van der Waals surface area contributed by atoms with Gasteiger partial charge in [0.2, 0.25) is 0 Å². The summed E-state index contributed by atoms with van der Waals surface area (Å²) in [6.45, 7) is 18.9. The smallest absolute Gasteiger partial charge is 0.410 e. The SMILES string of the molecule is CC[C@H]1OC(=O)[C@H](C)C(=O)[C@H](C)[C@@H](OC2O[C@H](C)C[C@H](C)[C@H]2O)C(C)(C)C[C@@H](C)C(=O)[C@H](C)[C@H]2N(CCCOc3cccc(-c4cccnc4)c3)C(=O)O[C@]12CC. The van der Waals surface area contributed by atoms with Gasteiger partial charge in [-0.3, -0.25) is 19.4 Å². The van der Waals surface area contributed by atoms with Gasteiger partial charge in [0.25, 0.3) is 0 Å². The minimum absolute atomic E-state index is 0.0850. The quantitative estimate of drug-likeness (QED) is 0.145. The van der Waals surface area contributed by atoms with E-state index in [1.807, 2.05) is 91.8 Å². The monoisotopic (exact) mass is 792 g/mol. The Kier molecular flexibility index (Phi) is 14.3. The summed E-state index contributed by atoms with van der Waals surface area (Å²) in [7, 11) is 0. The zero-order valence-electron chi connectivity index (χ0n) is 35.4. The number of nitrogens with zero attached hydrogens (tertiary/aromatic N) is 2. The fourth-order valence-corrected chi connectivity index (χ4v) is 9.64. The second-order valence-electron chi connectivity index (χ2n) is 17.4. The Labute approximate surface area is 338 Å². The van der Waals surface area contributed by atoms with E-state index >= 15 is 0 Å². The summed E-state index contributed by atoms with van der Waals surface area (Å²) >= 11 is 0. The molecule has 0 aliphatic carbocycles. The summed E-state index contributed by atoms with van der Waals surface area (Å²) < 4.78 is 31.3. The van der Waals surface area contributed by atoms with Crippen LogP contribution in [0.1, 0.15) is 101 Å². The van der Waals surface area contributed by atoms with Crippen LogP contribution in [0, 0.1) is 35.0 Å². The van der Waals surface area contributed by atoms with Crippen molar-refractivity contribution in [3.8, 4) is 16.9 Å². The second kappa shape index (κ2) is 18.4. The van der Waals surface area contributed by atoms with E-state index in [0.717, 1.165) is 11.1 Å². The molecule has 12 atom stereocenters. The molecule has 1 aromatic heterocycles. The Hall–Kier alpha value is -3.87. The zero-order chi connectivity index (χ0) is 41.8. The molecule has 5 rings (SSSR count). The highest BCUT2D eigenvalue weighted by Gasteiger charge is 2.61. The number of cyclic esters (lactones) is 1. The first-order chi connectivity index (χ1) is 26.9. The van der Waals surface area contributed by atoms with Crippen LogP contribution in [0.3, 0.4) is 0 Å². The summed E-state index contributed by atoms with van der Waals surface area (Å²) in [5, 5.41) is 11.1. The lowest BCUT2D eigenvalue weighted by Gasteiger charge is -2.46. The van der Waals surface area contributed by atoms with E-state index in [0.29, 0.717) is 31.6 Å². The molecule has 3 aliphatic heterocycles. The molecule has 57 heavy (non-hydrogen) atoms. The summed E-state index contributed by atoms with van der Waals surface area (Å²) in [6, 6.07) is 10.8. The molecular formula is C45H64N2O10. The number of benzene rings is 1. The molecule has 0 spiro atoms. The van der Waals surface area contributed by atoms with E-state index in [2.05, 4.69) is 4.98 Å². The molecule has 12 heteroatoms. The summed E-state index contributed by atoms with van der Waals surface area (Å²) in [6.07, 6.45) is 1.07. The lowest BCUT2D eigenvalue weighted by molar-refractivity contribution is -0.284. The van der Waals surface area contributed by atoms with Crippen molar-refractivity contribution in [2.45, 2.75) is 144 Å². The van der Waals surface area contributed by atoms with Gasteiger partial charge < -0.3 is 33.7 Å². The number of carbonyl (C=O) groups is 4. The molecule has 12 nitrogen and oxygen atoms in total. The third kappa shape index (κ3) is 9.39. The van der Waals surface area contributed by atoms with Crippen LogP contribution in [0.2, 0.25) is 0 Å². The predicted molar refractivity (Wildman–Crippen MR) is 214 cm³/mol.